The molecule has 222 valence electrons. The predicted octanol–water partition coefficient (Wildman–Crippen LogP) is 7.00. The fourth-order valence-corrected chi connectivity index (χ4v) is 4.53. The zero-order chi connectivity index (χ0) is 30.6. The number of nitrogens with one attached hydrogen (secondary N) is 2. The van der Waals surface area contributed by atoms with Gasteiger partial charge >= 0.3 is 6.09 Å². The molecule has 0 aromatic heterocycles. The van der Waals surface area contributed by atoms with Crippen LogP contribution in [0.15, 0.2) is 48.5 Å². The highest BCUT2D eigenvalue weighted by molar-refractivity contribution is 5.99. The van der Waals surface area contributed by atoms with Gasteiger partial charge in [0.2, 0.25) is 5.91 Å². The number of hydrogen-bond acceptors (Lipinski definition) is 4. The molecule has 41 heavy (non-hydrogen) atoms. The summed E-state index contributed by atoms with van der Waals surface area (Å²) in [5.41, 5.74) is 2.17. The fourth-order valence-electron chi connectivity index (χ4n) is 4.53. The molecule has 0 spiro atoms. The van der Waals surface area contributed by atoms with E-state index in [1.807, 2.05) is 45.0 Å². The molecule has 0 fully saturated rings. The van der Waals surface area contributed by atoms with Gasteiger partial charge in [-0.15, -0.1) is 6.42 Å². The van der Waals surface area contributed by atoms with Gasteiger partial charge in [0.05, 0.1) is 0 Å². The van der Waals surface area contributed by atoms with E-state index < -0.39 is 23.8 Å². The molecule has 0 radical (unpaired) electrons. The highest BCUT2D eigenvalue weighted by atomic mass is 16.6. The zero-order valence-corrected chi connectivity index (χ0v) is 25.8. The third-order valence-corrected chi connectivity index (χ3v) is 6.75. The van der Waals surface area contributed by atoms with Gasteiger partial charge in [-0.25, -0.2) is 4.79 Å². The van der Waals surface area contributed by atoms with Crippen LogP contribution in [0.5, 0.6) is 0 Å². The van der Waals surface area contributed by atoms with Crippen LogP contribution in [0, 0.1) is 25.2 Å². The molecule has 2 atom stereocenters. The van der Waals surface area contributed by atoms with Gasteiger partial charge in [0.15, 0.2) is 0 Å². The number of aryl methyl sites for hydroxylation is 1. The number of terminal acetylenes is 1. The minimum Gasteiger partial charge on any atom is -0.444 e. The van der Waals surface area contributed by atoms with E-state index >= 15 is 0 Å². The summed E-state index contributed by atoms with van der Waals surface area (Å²) in [6.07, 6.45) is 9.80. The molecule has 2 aromatic carbocycles. The first-order valence-electron chi connectivity index (χ1n) is 14.6. The number of nitrogens with zero attached hydrogens (tertiary/aromatic N) is 1. The molecular weight excluding hydrogens is 514 g/mol. The van der Waals surface area contributed by atoms with Crippen LogP contribution in [-0.4, -0.2) is 41.0 Å². The number of carbonyl (C=O) groups excluding carboxylic acids is 3. The second-order valence-corrected chi connectivity index (χ2v) is 11.8. The Labute approximate surface area is 246 Å². The molecule has 7 nitrogen and oxygen atoms in total. The summed E-state index contributed by atoms with van der Waals surface area (Å²) in [5.74, 6) is 1.68. The quantitative estimate of drug-likeness (QED) is 0.204. The van der Waals surface area contributed by atoms with Crippen LogP contribution in [0.2, 0.25) is 0 Å². The van der Waals surface area contributed by atoms with Crippen molar-refractivity contribution in [3.8, 4) is 12.3 Å². The molecule has 0 heterocycles. The van der Waals surface area contributed by atoms with Gasteiger partial charge in [0.25, 0.3) is 5.91 Å². The topological polar surface area (TPSA) is 87.7 Å². The molecule has 0 aliphatic carbocycles. The lowest BCUT2D eigenvalue weighted by atomic mass is 9.97. The SMILES string of the molecule is C#Cc1ccc(C(C(=O)Nc2ccccc2C)N(CCCCCCC)C(=O)C(NC(=O)OC(C)(C)C)C(C)C)cc1. The van der Waals surface area contributed by atoms with Crippen LogP contribution in [0.3, 0.4) is 0 Å². The van der Waals surface area contributed by atoms with Crippen LogP contribution in [0.4, 0.5) is 10.5 Å². The third kappa shape index (κ3) is 10.6. The van der Waals surface area contributed by atoms with E-state index in [9.17, 15) is 14.4 Å². The molecule has 0 bridgehead atoms. The fraction of sp³-hybridized carbons (Fsp3) is 0.500. The van der Waals surface area contributed by atoms with E-state index in [-0.39, 0.29) is 17.7 Å². The Kier molecular flexibility index (Phi) is 12.9. The first-order chi connectivity index (χ1) is 19.4. The molecule has 0 saturated heterocycles. The number of carbonyl (C=O) groups is 3. The van der Waals surface area contributed by atoms with Crippen molar-refractivity contribution in [3.05, 3.63) is 65.2 Å². The summed E-state index contributed by atoms with van der Waals surface area (Å²) in [6, 6.07) is 12.8. The monoisotopic (exact) mass is 561 g/mol. The largest absolute Gasteiger partial charge is 0.444 e. The number of alkyl carbamates (subject to hydrolysis) is 1. The summed E-state index contributed by atoms with van der Waals surface area (Å²) in [7, 11) is 0. The second kappa shape index (κ2) is 15.9. The van der Waals surface area contributed by atoms with Crippen molar-refractivity contribution in [3.63, 3.8) is 0 Å². The summed E-state index contributed by atoms with van der Waals surface area (Å²) in [4.78, 5) is 42.7. The zero-order valence-electron chi connectivity index (χ0n) is 25.8. The van der Waals surface area contributed by atoms with Gasteiger partial charge in [-0.3, -0.25) is 9.59 Å². The summed E-state index contributed by atoms with van der Waals surface area (Å²) < 4.78 is 5.47. The van der Waals surface area contributed by atoms with Crippen molar-refractivity contribution in [2.75, 3.05) is 11.9 Å². The highest BCUT2D eigenvalue weighted by Crippen LogP contribution is 2.27. The molecule has 7 heteroatoms. The lowest BCUT2D eigenvalue weighted by Gasteiger charge is -2.35. The van der Waals surface area contributed by atoms with E-state index in [0.29, 0.717) is 23.4 Å². The van der Waals surface area contributed by atoms with Gasteiger partial charge in [-0.05, 0) is 69.4 Å². The number of ether oxygens (including phenoxy) is 1. The second-order valence-electron chi connectivity index (χ2n) is 11.8. The Morgan fingerprint density at radius 1 is 0.976 bits per heavy atom. The van der Waals surface area contributed by atoms with E-state index in [2.05, 4.69) is 23.5 Å². The number of benzene rings is 2. The average Bonchev–Trinajstić information content (AvgIpc) is 2.91. The minimum absolute atomic E-state index is 0.249. The normalized spacial score (nSPS) is 12.7. The van der Waals surface area contributed by atoms with Gasteiger partial charge < -0.3 is 20.3 Å². The third-order valence-electron chi connectivity index (χ3n) is 6.75. The van der Waals surface area contributed by atoms with Crippen molar-refractivity contribution in [1.82, 2.24) is 10.2 Å². The van der Waals surface area contributed by atoms with E-state index in [0.717, 1.165) is 37.7 Å². The van der Waals surface area contributed by atoms with Crippen molar-refractivity contribution < 1.29 is 19.1 Å². The standard InChI is InChI=1S/C34H47N3O4/c1-9-11-12-13-16-23-37(32(39)29(24(3)4)36-33(40)41-34(6,7)8)30(27-21-19-26(10-2)20-22-27)31(38)35-28-18-15-14-17-25(28)5/h2,14-15,17-22,24,29-30H,9,11-13,16,23H2,1,3-8H3,(H,35,38)(H,36,40). The number of unbranched alkanes of at least 4 members (excludes halogenated alkanes) is 4. The van der Waals surface area contributed by atoms with Crippen LogP contribution in [0.25, 0.3) is 0 Å². The first-order valence-corrected chi connectivity index (χ1v) is 14.6. The Balaban J connectivity index is 2.54. The van der Waals surface area contributed by atoms with Crippen molar-refractivity contribution in [1.29, 1.82) is 0 Å². The molecule has 2 unspecified atom stereocenters. The summed E-state index contributed by atoms with van der Waals surface area (Å²) >= 11 is 0. The van der Waals surface area contributed by atoms with Gasteiger partial charge in [0.1, 0.15) is 17.7 Å². The molecule has 0 aliphatic heterocycles. The van der Waals surface area contributed by atoms with Crippen LogP contribution in [-0.2, 0) is 14.3 Å². The molecule has 2 rings (SSSR count). The first kappa shape index (κ1) is 33.4. The maximum atomic E-state index is 14.3. The molecule has 0 saturated carbocycles. The average molecular weight is 562 g/mol. The Morgan fingerprint density at radius 2 is 1.61 bits per heavy atom. The number of hydrogen-bond donors (Lipinski definition) is 2. The number of rotatable bonds is 13. The van der Waals surface area contributed by atoms with Crippen molar-refractivity contribution in [2.45, 2.75) is 98.3 Å². The number of amides is 3. The minimum atomic E-state index is -0.943. The van der Waals surface area contributed by atoms with E-state index in [1.165, 1.54) is 0 Å². The Bertz CT molecular complexity index is 1190. The van der Waals surface area contributed by atoms with Crippen LogP contribution < -0.4 is 10.6 Å². The predicted molar refractivity (Wildman–Crippen MR) is 165 cm³/mol. The smallest absolute Gasteiger partial charge is 0.408 e. The summed E-state index contributed by atoms with van der Waals surface area (Å²) in [6.45, 7) is 13.5. The summed E-state index contributed by atoms with van der Waals surface area (Å²) in [5, 5.41) is 5.81. The molecule has 0 aliphatic rings. The van der Waals surface area contributed by atoms with Crippen LogP contribution in [0.1, 0.15) is 96.4 Å². The maximum Gasteiger partial charge on any atom is 0.408 e. The van der Waals surface area contributed by atoms with Gasteiger partial charge in [-0.1, -0.05) is 82.7 Å². The highest BCUT2D eigenvalue weighted by Gasteiger charge is 2.37. The van der Waals surface area contributed by atoms with Gasteiger partial charge in [-0.2, -0.15) is 0 Å². The molecular formula is C34H47N3O4. The Morgan fingerprint density at radius 3 is 2.17 bits per heavy atom. The van der Waals surface area contributed by atoms with E-state index in [1.54, 1.807) is 49.9 Å². The Hall–Kier alpha value is -3.79. The molecule has 2 aromatic rings. The maximum absolute atomic E-state index is 14.3. The van der Waals surface area contributed by atoms with Crippen molar-refractivity contribution >= 4 is 23.6 Å². The van der Waals surface area contributed by atoms with Crippen molar-refractivity contribution in [2.24, 2.45) is 5.92 Å². The number of para-hydroxylation sites is 1. The van der Waals surface area contributed by atoms with Crippen LogP contribution >= 0.6 is 0 Å². The molecule has 3 amide bonds. The molecule has 2 N–H and O–H groups in total. The van der Waals surface area contributed by atoms with Gasteiger partial charge in [0, 0.05) is 17.8 Å². The van der Waals surface area contributed by atoms with E-state index in [4.69, 9.17) is 11.2 Å². The lowest BCUT2D eigenvalue weighted by molar-refractivity contribution is -0.141. The number of anilines is 1. The lowest BCUT2D eigenvalue weighted by Crippen LogP contribution is -2.54.